The predicted octanol–water partition coefficient (Wildman–Crippen LogP) is 3.48. The number of benzene rings is 1. The van der Waals surface area contributed by atoms with Gasteiger partial charge in [-0.2, -0.15) is 5.26 Å². The monoisotopic (exact) mass is 390 g/mol. The number of carbonyl (C=O) groups is 1. The third kappa shape index (κ3) is 4.54. The van der Waals surface area contributed by atoms with Crippen molar-refractivity contribution in [3.8, 4) is 6.07 Å². The van der Waals surface area contributed by atoms with Crippen molar-refractivity contribution < 1.29 is 4.79 Å². The lowest BCUT2D eigenvalue weighted by Gasteiger charge is -2.22. The molecule has 1 fully saturated rings. The second-order valence-corrected chi connectivity index (χ2v) is 7.45. The standard InChI is InChI=1S/C17H19ClN6OS/c18-13-5-3-8-15(11-13)23(10-4-9-19)16(25)12-26-17-20-21-22-24(17)14-6-1-2-7-14/h3,5,8,11,14H,1-2,4,6-7,10,12H2. The summed E-state index contributed by atoms with van der Waals surface area (Å²) in [4.78, 5) is 14.4. The molecule has 1 aromatic carbocycles. The quantitative estimate of drug-likeness (QED) is 0.672. The number of hydrogen-bond donors (Lipinski definition) is 0. The molecular formula is C17H19ClN6OS. The van der Waals surface area contributed by atoms with Crippen LogP contribution in [0.5, 0.6) is 0 Å². The Morgan fingerprint density at radius 2 is 2.23 bits per heavy atom. The predicted molar refractivity (Wildman–Crippen MR) is 100 cm³/mol. The number of rotatable bonds is 7. The van der Waals surface area contributed by atoms with Crippen LogP contribution < -0.4 is 4.90 Å². The van der Waals surface area contributed by atoms with E-state index in [9.17, 15) is 4.79 Å². The number of hydrogen-bond acceptors (Lipinski definition) is 6. The number of amides is 1. The molecule has 0 bridgehead atoms. The molecular weight excluding hydrogens is 372 g/mol. The third-order valence-electron chi connectivity index (χ3n) is 4.33. The Hall–Kier alpha value is -2.11. The lowest BCUT2D eigenvalue weighted by Crippen LogP contribution is -2.33. The second-order valence-electron chi connectivity index (χ2n) is 6.07. The Morgan fingerprint density at radius 3 is 2.96 bits per heavy atom. The Bertz CT molecular complexity index is 799. The molecule has 0 saturated heterocycles. The first-order valence-electron chi connectivity index (χ1n) is 8.52. The number of tetrazole rings is 1. The maximum absolute atomic E-state index is 12.8. The summed E-state index contributed by atoms with van der Waals surface area (Å²) in [7, 11) is 0. The first-order valence-corrected chi connectivity index (χ1v) is 9.89. The van der Waals surface area contributed by atoms with Crippen molar-refractivity contribution in [1.29, 1.82) is 5.26 Å². The average molecular weight is 391 g/mol. The molecule has 0 aliphatic heterocycles. The molecule has 136 valence electrons. The molecule has 1 saturated carbocycles. The molecule has 0 unspecified atom stereocenters. The van der Waals surface area contributed by atoms with Crippen molar-refractivity contribution in [2.24, 2.45) is 0 Å². The van der Waals surface area contributed by atoms with Crippen LogP contribution in [-0.2, 0) is 4.79 Å². The van der Waals surface area contributed by atoms with Crippen molar-refractivity contribution in [3.63, 3.8) is 0 Å². The number of nitrogens with zero attached hydrogens (tertiary/aromatic N) is 6. The van der Waals surface area contributed by atoms with Crippen molar-refractivity contribution >= 4 is 35.0 Å². The SMILES string of the molecule is N#CCCN(C(=O)CSc1nnnn1C1CCCC1)c1cccc(Cl)c1. The molecule has 0 N–H and O–H groups in total. The smallest absolute Gasteiger partial charge is 0.237 e. The molecule has 1 aromatic heterocycles. The van der Waals surface area contributed by atoms with E-state index < -0.39 is 0 Å². The van der Waals surface area contributed by atoms with Crippen LogP contribution >= 0.6 is 23.4 Å². The largest absolute Gasteiger partial charge is 0.311 e. The summed E-state index contributed by atoms with van der Waals surface area (Å²) in [5, 5.41) is 22.0. The number of thioether (sulfide) groups is 1. The highest BCUT2D eigenvalue weighted by molar-refractivity contribution is 7.99. The van der Waals surface area contributed by atoms with Gasteiger partial charge in [0.05, 0.1) is 24.3 Å². The van der Waals surface area contributed by atoms with E-state index in [0.717, 1.165) is 12.8 Å². The van der Waals surface area contributed by atoms with Gasteiger partial charge < -0.3 is 4.90 Å². The first kappa shape index (κ1) is 18.7. The van der Waals surface area contributed by atoms with Gasteiger partial charge in [0, 0.05) is 17.3 Å². The lowest BCUT2D eigenvalue weighted by molar-refractivity contribution is -0.116. The fourth-order valence-corrected chi connectivity index (χ4v) is 4.07. The van der Waals surface area contributed by atoms with Crippen LogP contribution in [0.25, 0.3) is 0 Å². The van der Waals surface area contributed by atoms with E-state index in [0.29, 0.717) is 28.5 Å². The second kappa shape index (κ2) is 9.01. The molecule has 2 aromatic rings. The number of nitriles is 1. The molecule has 26 heavy (non-hydrogen) atoms. The molecule has 1 heterocycles. The Morgan fingerprint density at radius 1 is 1.42 bits per heavy atom. The molecule has 1 aliphatic carbocycles. The molecule has 7 nitrogen and oxygen atoms in total. The molecule has 0 radical (unpaired) electrons. The van der Waals surface area contributed by atoms with Gasteiger partial charge >= 0.3 is 0 Å². The fourth-order valence-electron chi connectivity index (χ4n) is 3.07. The average Bonchev–Trinajstić information content (AvgIpc) is 3.31. The maximum atomic E-state index is 12.8. The zero-order valence-electron chi connectivity index (χ0n) is 14.2. The van der Waals surface area contributed by atoms with Gasteiger partial charge in [-0.3, -0.25) is 4.79 Å². The topological polar surface area (TPSA) is 87.7 Å². The van der Waals surface area contributed by atoms with E-state index in [1.807, 2.05) is 10.7 Å². The third-order valence-corrected chi connectivity index (χ3v) is 5.48. The van der Waals surface area contributed by atoms with Gasteiger partial charge in [-0.25, -0.2) is 4.68 Å². The Balaban J connectivity index is 1.68. The van der Waals surface area contributed by atoms with E-state index in [1.165, 1.54) is 24.6 Å². The first-order chi connectivity index (χ1) is 12.7. The highest BCUT2D eigenvalue weighted by Gasteiger charge is 2.23. The maximum Gasteiger partial charge on any atom is 0.237 e. The normalized spacial score (nSPS) is 14.3. The van der Waals surface area contributed by atoms with Gasteiger partial charge in [0.1, 0.15) is 0 Å². The summed E-state index contributed by atoms with van der Waals surface area (Å²) in [5.74, 6) is 0.0962. The highest BCUT2D eigenvalue weighted by atomic mass is 35.5. The Labute approximate surface area is 161 Å². The van der Waals surface area contributed by atoms with Crippen molar-refractivity contribution in [2.75, 3.05) is 17.2 Å². The molecule has 0 spiro atoms. The van der Waals surface area contributed by atoms with Crippen LogP contribution in [0, 0.1) is 11.3 Å². The molecule has 0 atom stereocenters. The van der Waals surface area contributed by atoms with Gasteiger partial charge in [-0.05, 0) is 41.5 Å². The highest BCUT2D eigenvalue weighted by Crippen LogP contribution is 2.31. The van der Waals surface area contributed by atoms with Gasteiger partial charge in [-0.15, -0.1) is 5.10 Å². The summed E-state index contributed by atoms with van der Waals surface area (Å²) < 4.78 is 1.84. The van der Waals surface area contributed by atoms with E-state index in [4.69, 9.17) is 16.9 Å². The summed E-state index contributed by atoms with van der Waals surface area (Å²) in [5.41, 5.74) is 0.689. The van der Waals surface area contributed by atoms with Gasteiger partial charge in [0.25, 0.3) is 0 Å². The van der Waals surface area contributed by atoms with Crippen LogP contribution in [0.3, 0.4) is 0 Å². The minimum Gasteiger partial charge on any atom is -0.311 e. The van der Waals surface area contributed by atoms with Crippen LogP contribution in [0.1, 0.15) is 38.1 Å². The fraction of sp³-hybridized carbons (Fsp3) is 0.471. The van der Waals surface area contributed by atoms with Crippen molar-refractivity contribution in [1.82, 2.24) is 20.2 Å². The van der Waals surface area contributed by atoms with E-state index in [-0.39, 0.29) is 18.1 Å². The zero-order chi connectivity index (χ0) is 18.4. The zero-order valence-corrected chi connectivity index (χ0v) is 15.8. The van der Waals surface area contributed by atoms with Gasteiger partial charge in [0.2, 0.25) is 11.1 Å². The Kier molecular flexibility index (Phi) is 6.47. The lowest BCUT2D eigenvalue weighted by atomic mass is 10.2. The van der Waals surface area contributed by atoms with E-state index in [1.54, 1.807) is 23.1 Å². The van der Waals surface area contributed by atoms with Gasteiger partial charge in [0.15, 0.2) is 0 Å². The summed E-state index contributed by atoms with van der Waals surface area (Å²) in [6.45, 7) is 0.323. The van der Waals surface area contributed by atoms with Crippen LogP contribution in [0.4, 0.5) is 5.69 Å². The summed E-state index contributed by atoms with van der Waals surface area (Å²) in [6.07, 6.45) is 4.77. The van der Waals surface area contributed by atoms with Crippen molar-refractivity contribution in [3.05, 3.63) is 29.3 Å². The van der Waals surface area contributed by atoms with Crippen molar-refractivity contribution in [2.45, 2.75) is 43.3 Å². The van der Waals surface area contributed by atoms with E-state index in [2.05, 4.69) is 21.6 Å². The minimum absolute atomic E-state index is 0.103. The van der Waals surface area contributed by atoms with Crippen LogP contribution in [-0.4, -0.2) is 38.4 Å². The van der Waals surface area contributed by atoms with Gasteiger partial charge in [-0.1, -0.05) is 42.3 Å². The number of halogens is 1. The molecule has 3 rings (SSSR count). The van der Waals surface area contributed by atoms with Crippen LogP contribution in [0.2, 0.25) is 5.02 Å². The molecule has 1 aliphatic rings. The summed E-state index contributed by atoms with van der Waals surface area (Å²) in [6, 6.07) is 9.49. The molecule has 9 heteroatoms. The minimum atomic E-state index is -0.103. The molecule has 1 amide bonds. The van der Waals surface area contributed by atoms with Crippen LogP contribution in [0.15, 0.2) is 29.4 Å². The number of anilines is 1. The number of carbonyl (C=O) groups excluding carboxylic acids is 1. The summed E-state index contributed by atoms with van der Waals surface area (Å²) >= 11 is 7.37. The number of aromatic nitrogens is 4. The van der Waals surface area contributed by atoms with E-state index >= 15 is 0 Å².